The van der Waals surface area contributed by atoms with Crippen LogP contribution in [0.1, 0.15) is 23.1 Å². The Balaban J connectivity index is 2.34. The van der Waals surface area contributed by atoms with Crippen molar-refractivity contribution < 1.29 is 4.79 Å². The largest absolute Gasteiger partial charge is 0.356 e. The van der Waals surface area contributed by atoms with E-state index in [9.17, 15) is 4.79 Å². The topological polar surface area (TPSA) is 56.7 Å². The van der Waals surface area contributed by atoms with E-state index in [4.69, 9.17) is 0 Å². The van der Waals surface area contributed by atoms with Crippen molar-refractivity contribution in [1.82, 2.24) is 15.5 Å². The molecule has 0 bridgehead atoms. The van der Waals surface area contributed by atoms with Gasteiger partial charge >= 0.3 is 0 Å². The molecule has 0 saturated heterocycles. The Morgan fingerprint density at radius 2 is 1.68 bits per heavy atom. The first-order valence-corrected chi connectivity index (χ1v) is 7.64. The number of nitrogens with one attached hydrogen (secondary N) is 2. The van der Waals surface area contributed by atoms with Gasteiger partial charge in [-0.05, 0) is 25.8 Å². The lowest BCUT2D eigenvalue weighted by atomic mass is 10.1. The number of guanidine groups is 1. The Morgan fingerprint density at radius 3 is 2.23 bits per heavy atom. The molecule has 5 heteroatoms. The van der Waals surface area contributed by atoms with Gasteiger partial charge in [0.25, 0.3) is 0 Å². The molecule has 0 aliphatic rings. The summed E-state index contributed by atoms with van der Waals surface area (Å²) in [6.45, 7) is 5.63. The third-order valence-electron chi connectivity index (χ3n) is 3.34. The van der Waals surface area contributed by atoms with Gasteiger partial charge in [0.2, 0.25) is 5.91 Å². The van der Waals surface area contributed by atoms with Crippen molar-refractivity contribution in [3.8, 4) is 0 Å². The average molecular weight is 304 g/mol. The molecule has 0 aliphatic heterocycles. The molecule has 1 aromatic carbocycles. The molecule has 0 spiro atoms. The highest BCUT2D eigenvalue weighted by Crippen LogP contribution is 2.08. The minimum atomic E-state index is 0.109. The molecule has 0 atom stereocenters. The van der Waals surface area contributed by atoms with Gasteiger partial charge in [-0.2, -0.15) is 0 Å². The number of aryl methyl sites for hydroxylation is 2. The first-order valence-electron chi connectivity index (χ1n) is 7.64. The lowest BCUT2D eigenvalue weighted by Crippen LogP contribution is -2.40. The number of hydrogen-bond donors (Lipinski definition) is 2. The Hall–Kier alpha value is -2.04. The van der Waals surface area contributed by atoms with E-state index >= 15 is 0 Å². The second kappa shape index (κ2) is 9.07. The van der Waals surface area contributed by atoms with Crippen LogP contribution in [-0.4, -0.2) is 51.0 Å². The molecule has 1 rings (SSSR count). The molecular weight excluding hydrogens is 276 g/mol. The van der Waals surface area contributed by atoms with E-state index in [1.165, 1.54) is 16.7 Å². The lowest BCUT2D eigenvalue weighted by molar-refractivity contribution is -0.128. The molecule has 0 radical (unpaired) electrons. The average Bonchev–Trinajstić information content (AvgIpc) is 2.44. The van der Waals surface area contributed by atoms with Crippen LogP contribution in [0.4, 0.5) is 0 Å². The molecule has 0 aliphatic carbocycles. The van der Waals surface area contributed by atoms with Crippen LogP contribution in [-0.2, 0) is 11.2 Å². The minimum absolute atomic E-state index is 0.109. The van der Waals surface area contributed by atoms with Crippen molar-refractivity contribution in [2.75, 3.05) is 34.2 Å². The zero-order valence-electron chi connectivity index (χ0n) is 14.4. The fraction of sp³-hybridized carbons (Fsp3) is 0.529. The Morgan fingerprint density at radius 1 is 1.09 bits per heavy atom. The molecule has 122 valence electrons. The highest BCUT2D eigenvalue weighted by molar-refractivity contribution is 5.81. The second-order valence-electron chi connectivity index (χ2n) is 5.71. The van der Waals surface area contributed by atoms with Crippen molar-refractivity contribution >= 4 is 11.9 Å². The van der Waals surface area contributed by atoms with Gasteiger partial charge < -0.3 is 15.5 Å². The third-order valence-corrected chi connectivity index (χ3v) is 3.34. The van der Waals surface area contributed by atoms with Gasteiger partial charge in [0.1, 0.15) is 0 Å². The van der Waals surface area contributed by atoms with E-state index in [1.807, 2.05) is 0 Å². The van der Waals surface area contributed by atoms with Crippen molar-refractivity contribution in [3.05, 3.63) is 34.9 Å². The SMILES string of the molecule is CN=C(NCCC(=O)N(C)C)NCCc1cc(C)cc(C)c1. The van der Waals surface area contributed by atoms with Crippen molar-refractivity contribution in [2.24, 2.45) is 4.99 Å². The van der Waals surface area contributed by atoms with Gasteiger partial charge in [0.15, 0.2) is 5.96 Å². The highest BCUT2D eigenvalue weighted by Gasteiger charge is 2.04. The molecule has 0 heterocycles. The molecule has 5 nitrogen and oxygen atoms in total. The standard InChI is InChI=1S/C17H28N4O/c1-13-10-14(2)12-15(11-13)6-8-19-17(18-3)20-9-7-16(22)21(4)5/h10-12H,6-9H2,1-5H3,(H2,18,19,20). The van der Waals surface area contributed by atoms with Crippen molar-refractivity contribution in [3.63, 3.8) is 0 Å². The number of aliphatic imine (C=N–C) groups is 1. The Kier molecular flexibility index (Phi) is 7.43. The van der Waals surface area contributed by atoms with Gasteiger partial charge in [0, 0.05) is 40.7 Å². The van der Waals surface area contributed by atoms with Gasteiger partial charge in [-0.25, -0.2) is 0 Å². The maximum Gasteiger partial charge on any atom is 0.223 e. The molecule has 2 N–H and O–H groups in total. The number of hydrogen-bond acceptors (Lipinski definition) is 2. The summed E-state index contributed by atoms with van der Waals surface area (Å²) in [5.74, 6) is 0.842. The summed E-state index contributed by atoms with van der Waals surface area (Å²) in [5, 5.41) is 6.43. The van der Waals surface area contributed by atoms with Crippen LogP contribution in [0.5, 0.6) is 0 Å². The maximum absolute atomic E-state index is 11.5. The second-order valence-corrected chi connectivity index (χ2v) is 5.71. The van der Waals surface area contributed by atoms with Crippen LogP contribution >= 0.6 is 0 Å². The fourth-order valence-corrected chi connectivity index (χ4v) is 2.27. The first-order chi connectivity index (χ1) is 10.4. The minimum Gasteiger partial charge on any atom is -0.356 e. The predicted octanol–water partition coefficient (Wildman–Crippen LogP) is 1.49. The van der Waals surface area contributed by atoms with E-state index in [0.717, 1.165) is 18.9 Å². The third kappa shape index (κ3) is 6.61. The molecule has 0 saturated carbocycles. The zero-order valence-corrected chi connectivity index (χ0v) is 14.4. The summed E-state index contributed by atoms with van der Waals surface area (Å²) in [6.07, 6.45) is 1.41. The van der Waals surface area contributed by atoms with Gasteiger partial charge in [-0.1, -0.05) is 29.3 Å². The number of carbonyl (C=O) groups is 1. The van der Waals surface area contributed by atoms with Crippen molar-refractivity contribution in [2.45, 2.75) is 26.7 Å². The van der Waals surface area contributed by atoms with Crippen LogP contribution < -0.4 is 10.6 Å². The van der Waals surface area contributed by atoms with Crippen LogP contribution in [0.3, 0.4) is 0 Å². The number of nitrogens with zero attached hydrogens (tertiary/aromatic N) is 2. The van der Waals surface area contributed by atoms with E-state index in [1.54, 1.807) is 26.0 Å². The fourth-order valence-electron chi connectivity index (χ4n) is 2.27. The van der Waals surface area contributed by atoms with E-state index in [-0.39, 0.29) is 5.91 Å². The normalized spacial score (nSPS) is 11.2. The molecule has 1 amide bonds. The quantitative estimate of drug-likeness (QED) is 0.618. The predicted molar refractivity (Wildman–Crippen MR) is 92.3 cm³/mol. The monoisotopic (exact) mass is 304 g/mol. The molecule has 0 aromatic heterocycles. The zero-order chi connectivity index (χ0) is 16.5. The first kappa shape index (κ1) is 18.0. The van der Waals surface area contributed by atoms with Crippen LogP contribution in [0.25, 0.3) is 0 Å². The highest BCUT2D eigenvalue weighted by atomic mass is 16.2. The Bertz CT molecular complexity index is 503. The van der Waals surface area contributed by atoms with Gasteiger partial charge in [-0.3, -0.25) is 9.79 Å². The smallest absolute Gasteiger partial charge is 0.223 e. The van der Waals surface area contributed by atoms with E-state index in [2.05, 4.69) is 47.7 Å². The molecule has 22 heavy (non-hydrogen) atoms. The van der Waals surface area contributed by atoms with Crippen molar-refractivity contribution in [1.29, 1.82) is 0 Å². The number of amides is 1. The lowest BCUT2D eigenvalue weighted by Gasteiger charge is -2.14. The number of rotatable bonds is 6. The number of carbonyl (C=O) groups excluding carboxylic acids is 1. The van der Waals surface area contributed by atoms with Crippen LogP contribution in [0, 0.1) is 13.8 Å². The summed E-state index contributed by atoms with van der Waals surface area (Å²) < 4.78 is 0. The maximum atomic E-state index is 11.5. The summed E-state index contributed by atoms with van der Waals surface area (Å²) in [4.78, 5) is 17.3. The van der Waals surface area contributed by atoms with Crippen LogP contribution in [0.2, 0.25) is 0 Å². The number of benzene rings is 1. The van der Waals surface area contributed by atoms with Gasteiger partial charge in [-0.15, -0.1) is 0 Å². The van der Waals surface area contributed by atoms with Crippen LogP contribution in [0.15, 0.2) is 23.2 Å². The Labute approximate surface area is 133 Å². The van der Waals surface area contributed by atoms with Gasteiger partial charge in [0.05, 0.1) is 0 Å². The van der Waals surface area contributed by atoms with E-state index < -0.39 is 0 Å². The van der Waals surface area contributed by atoms with E-state index in [0.29, 0.717) is 13.0 Å². The molecular formula is C17H28N4O. The summed E-state index contributed by atoms with van der Waals surface area (Å²) in [5.41, 5.74) is 3.91. The summed E-state index contributed by atoms with van der Waals surface area (Å²) >= 11 is 0. The molecule has 0 unspecified atom stereocenters. The molecule has 0 fully saturated rings. The summed E-state index contributed by atoms with van der Waals surface area (Å²) in [7, 11) is 5.26. The summed E-state index contributed by atoms with van der Waals surface area (Å²) in [6, 6.07) is 6.60. The molecule has 1 aromatic rings.